The van der Waals surface area contributed by atoms with Crippen LogP contribution in [0.25, 0.3) is 11.0 Å². The van der Waals surface area contributed by atoms with Crippen LogP contribution in [0.3, 0.4) is 0 Å². The van der Waals surface area contributed by atoms with Crippen molar-refractivity contribution in [1.29, 1.82) is 0 Å². The Bertz CT molecular complexity index is 857. The molecule has 0 unspecified atom stereocenters. The van der Waals surface area contributed by atoms with Crippen molar-refractivity contribution in [3.05, 3.63) is 65.7 Å². The molecule has 0 bridgehead atoms. The molecule has 1 aromatic heterocycles. The van der Waals surface area contributed by atoms with Crippen LogP contribution >= 0.6 is 0 Å². The highest BCUT2D eigenvalue weighted by atomic mass is 19.1. The number of fused-ring (bicyclic) bond motifs is 1. The van der Waals surface area contributed by atoms with E-state index in [2.05, 4.69) is 5.32 Å². The summed E-state index contributed by atoms with van der Waals surface area (Å²) in [6.45, 7) is -0.263. The Labute approximate surface area is 137 Å². The molecule has 0 saturated heterocycles. The number of amides is 1. The number of para-hydroxylation sites is 1. The number of phenolic OH excluding ortho intramolecular Hbond substituents is 1. The summed E-state index contributed by atoms with van der Waals surface area (Å²) in [6, 6.07) is 11.9. The number of furan rings is 1. The molecule has 3 aromatic rings. The molecule has 0 aliphatic heterocycles. The lowest BCUT2D eigenvalue weighted by Gasteiger charge is -2.15. The summed E-state index contributed by atoms with van der Waals surface area (Å²) < 4.78 is 18.9. The van der Waals surface area contributed by atoms with Gasteiger partial charge in [-0.15, -0.1) is 0 Å². The third-order valence-corrected chi connectivity index (χ3v) is 3.69. The number of aliphatic hydroxyl groups is 1. The van der Waals surface area contributed by atoms with Gasteiger partial charge in [0, 0.05) is 5.39 Å². The lowest BCUT2D eigenvalue weighted by molar-refractivity contribution is 0.0890. The van der Waals surface area contributed by atoms with Crippen LogP contribution < -0.4 is 5.32 Å². The van der Waals surface area contributed by atoms with Gasteiger partial charge in [-0.05, 0) is 36.2 Å². The second-order valence-electron chi connectivity index (χ2n) is 5.49. The Morgan fingerprint density at radius 3 is 2.62 bits per heavy atom. The van der Waals surface area contributed by atoms with Crippen molar-refractivity contribution < 1.29 is 23.8 Å². The molecule has 0 radical (unpaired) electrons. The van der Waals surface area contributed by atoms with Crippen molar-refractivity contribution in [1.82, 2.24) is 5.32 Å². The predicted octanol–water partition coefficient (Wildman–Crippen LogP) is 2.61. The lowest BCUT2D eigenvalue weighted by atomic mass is 10.1. The van der Waals surface area contributed by atoms with Gasteiger partial charge >= 0.3 is 0 Å². The van der Waals surface area contributed by atoms with E-state index in [1.165, 1.54) is 30.3 Å². The highest BCUT2D eigenvalue weighted by Crippen LogP contribution is 2.22. The van der Waals surface area contributed by atoms with E-state index in [1.807, 2.05) is 0 Å². The van der Waals surface area contributed by atoms with E-state index < -0.39 is 17.8 Å². The summed E-state index contributed by atoms with van der Waals surface area (Å²) in [5.41, 5.74) is 0.879. The Hall–Kier alpha value is -2.86. The Balaban J connectivity index is 1.73. The molecule has 0 aliphatic carbocycles. The number of carbonyl (C=O) groups is 1. The van der Waals surface area contributed by atoms with Crippen LogP contribution in [0.5, 0.6) is 5.75 Å². The minimum Gasteiger partial charge on any atom is -0.508 e. The van der Waals surface area contributed by atoms with Crippen LogP contribution in [0.2, 0.25) is 0 Å². The fourth-order valence-corrected chi connectivity index (χ4v) is 2.47. The lowest BCUT2D eigenvalue weighted by Crippen LogP contribution is -2.38. The van der Waals surface area contributed by atoms with Gasteiger partial charge in [0.2, 0.25) is 0 Å². The first-order valence-electron chi connectivity index (χ1n) is 7.44. The number of benzene rings is 2. The normalized spacial score (nSPS) is 12.2. The maximum atomic E-state index is 13.6. The molecule has 0 saturated carbocycles. The first kappa shape index (κ1) is 16.0. The van der Waals surface area contributed by atoms with Crippen molar-refractivity contribution in [2.45, 2.75) is 12.5 Å². The number of hydrogen-bond acceptors (Lipinski definition) is 4. The highest BCUT2D eigenvalue weighted by Gasteiger charge is 2.18. The second kappa shape index (κ2) is 6.72. The summed E-state index contributed by atoms with van der Waals surface area (Å²) in [6.07, 6.45) is 0.386. The summed E-state index contributed by atoms with van der Waals surface area (Å²) in [5.74, 6) is -0.926. The quantitative estimate of drug-likeness (QED) is 0.672. The first-order chi connectivity index (χ1) is 11.6. The third-order valence-electron chi connectivity index (χ3n) is 3.69. The molecule has 1 heterocycles. The summed E-state index contributed by atoms with van der Waals surface area (Å²) in [4.78, 5) is 12.3. The van der Waals surface area contributed by atoms with Crippen LogP contribution in [0.1, 0.15) is 16.1 Å². The second-order valence-corrected chi connectivity index (χ2v) is 5.49. The maximum absolute atomic E-state index is 13.6. The van der Waals surface area contributed by atoms with Gasteiger partial charge in [-0.1, -0.05) is 24.3 Å². The average molecular weight is 329 g/mol. The van der Waals surface area contributed by atoms with E-state index in [1.54, 1.807) is 18.2 Å². The van der Waals surface area contributed by atoms with Crippen molar-refractivity contribution in [2.75, 3.05) is 6.61 Å². The first-order valence-corrected chi connectivity index (χ1v) is 7.44. The van der Waals surface area contributed by atoms with Gasteiger partial charge in [0.1, 0.15) is 5.75 Å². The smallest absolute Gasteiger partial charge is 0.287 e. The molecule has 1 atom stereocenters. The zero-order valence-corrected chi connectivity index (χ0v) is 12.7. The molecule has 24 heavy (non-hydrogen) atoms. The van der Waals surface area contributed by atoms with Crippen LogP contribution in [0.4, 0.5) is 4.39 Å². The standard InChI is InChI=1S/C18H16FNO4/c19-15-3-1-2-12-9-16(24-17(12)15)18(23)20-13(10-21)8-11-4-6-14(22)7-5-11/h1-7,9,13,21-22H,8,10H2,(H,20,23)/t13-/m0/s1. The van der Waals surface area contributed by atoms with Gasteiger partial charge in [-0.3, -0.25) is 4.79 Å². The number of nitrogens with one attached hydrogen (secondary N) is 1. The van der Waals surface area contributed by atoms with Crippen molar-refractivity contribution in [3.63, 3.8) is 0 Å². The average Bonchev–Trinajstić information content (AvgIpc) is 3.02. The molecule has 0 fully saturated rings. The van der Waals surface area contributed by atoms with Gasteiger partial charge in [0.05, 0.1) is 12.6 Å². The summed E-state index contributed by atoms with van der Waals surface area (Å²) in [7, 11) is 0. The molecule has 0 aliphatic rings. The highest BCUT2D eigenvalue weighted by molar-refractivity contribution is 5.96. The van der Waals surface area contributed by atoms with Crippen molar-refractivity contribution >= 4 is 16.9 Å². The molecule has 124 valence electrons. The SMILES string of the molecule is O=C(N[C@H](CO)Cc1ccc(O)cc1)c1cc2cccc(F)c2o1. The number of phenols is 1. The van der Waals surface area contributed by atoms with E-state index in [0.717, 1.165) is 5.56 Å². The monoisotopic (exact) mass is 329 g/mol. The zero-order valence-electron chi connectivity index (χ0n) is 12.7. The zero-order chi connectivity index (χ0) is 17.1. The fourth-order valence-electron chi connectivity index (χ4n) is 2.47. The number of aromatic hydroxyl groups is 1. The molecule has 3 rings (SSSR count). The molecular weight excluding hydrogens is 313 g/mol. The number of hydrogen-bond donors (Lipinski definition) is 3. The molecule has 6 heteroatoms. The van der Waals surface area contributed by atoms with Crippen LogP contribution in [-0.4, -0.2) is 28.8 Å². The van der Waals surface area contributed by atoms with Crippen molar-refractivity contribution in [3.8, 4) is 5.75 Å². The van der Waals surface area contributed by atoms with E-state index in [0.29, 0.717) is 11.8 Å². The van der Waals surface area contributed by atoms with Crippen LogP contribution in [0, 0.1) is 5.82 Å². The van der Waals surface area contributed by atoms with E-state index in [-0.39, 0.29) is 23.7 Å². The van der Waals surface area contributed by atoms with Crippen LogP contribution in [-0.2, 0) is 6.42 Å². The van der Waals surface area contributed by atoms with Gasteiger partial charge in [-0.2, -0.15) is 0 Å². The molecule has 2 aromatic carbocycles. The fraction of sp³-hybridized carbons (Fsp3) is 0.167. The summed E-state index contributed by atoms with van der Waals surface area (Å²) in [5, 5.41) is 21.9. The molecule has 0 spiro atoms. The number of rotatable bonds is 5. The van der Waals surface area contributed by atoms with Gasteiger partial charge in [-0.25, -0.2) is 4.39 Å². The minimum atomic E-state index is -0.533. The topological polar surface area (TPSA) is 82.7 Å². The molecule has 3 N–H and O–H groups in total. The van der Waals surface area contributed by atoms with E-state index >= 15 is 0 Å². The minimum absolute atomic E-state index is 0.0146. The predicted molar refractivity (Wildman–Crippen MR) is 86.3 cm³/mol. The summed E-state index contributed by atoms with van der Waals surface area (Å²) >= 11 is 0. The molecule has 5 nitrogen and oxygen atoms in total. The van der Waals surface area contributed by atoms with Crippen LogP contribution in [0.15, 0.2) is 52.9 Å². The largest absolute Gasteiger partial charge is 0.508 e. The van der Waals surface area contributed by atoms with Gasteiger partial charge in [0.25, 0.3) is 5.91 Å². The number of halogens is 1. The van der Waals surface area contributed by atoms with Gasteiger partial charge < -0.3 is 19.9 Å². The Morgan fingerprint density at radius 1 is 1.21 bits per heavy atom. The number of carbonyl (C=O) groups excluding carboxylic acids is 1. The van der Waals surface area contributed by atoms with Gasteiger partial charge in [0.15, 0.2) is 17.2 Å². The molecule has 1 amide bonds. The Morgan fingerprint density at radius 2 is 1.96 bits per heavy atom. The third kappa shape index (κ3) is 3.38. The van der Waals surface area contributed by atoms with Crippen molar-refractivity contribution in [2.24, 2.45) is 0 Å². The molecular formula is C18H16FNO4. The van der Waals surface area contributed by atoms with E-state index in [4.69, 9.17) is 4.42 Å². The number of aliphatic hydroxyl groups excluding tert-OH is 1. The Kier molecular flexibility index (Phi) is 4.48. The maximum Gasteiger partial charge on any atom is 0.287 e. The van der Waals surface area contributed by atoms with E-state index in [9.17, 15) is 19.4 Å².